The maximum absolute atomic E-state index is 5.80. The van der Waals surface area contributed by atoms with E-state index in [4.69, 9.17) is 13.3 Å². The first-order chi connectivity index (χ1) is 9.24. The molecule has 0 spiro atoms. The molecule has 0 aliphatic carbocycles. The number of unbranched alkanes of at least 4 members (excludes halogenated alkanes) is 5. The van der Waals surface area contributed by atoms with E-state index < -0.39 is 8.80 Å². The first-order valence-corrected chi connectivity index (χ1v) is 9.62. The smallest absolute Gasteiger partial charge is 0.377 e. The van der Waals surface area contributed by atoms with Crippen LogP contribution < -0.4 is 5.32 Å². The molecule has 0 saturated heterocycles. The lowest BCUT2D eigenvalue weighted by Gasteiger charge is -2.26. The molecule has 0 aliphatic rings. The van der Waals surface area contributed by atoms with E-state index in [-0.39, 0.29) is 0 Å². The van der Waals surface area contributed by atoms with Crippen molar-refractivity contribution in [2.24, 2.45) is 0 Å². The predicted molar refractivity (Wildman–Crippen MR) is 82.2 cm³/mol. The van der Waals surface area contributed by atoms with Crippen molar-refractivity contribution in [1.29, 1.82) is 0 Å². The van der Waals surface area contributed by atoms with Gasteiger partial charge in [0.15, 0.2) is 0 Å². The summed E-state index contributed by atoms with van der Waals surface area (Å²) in [5.41, 5.74) is 0. The van der Waals surface area contributed by atoms with Gasteiger partial charge in [0, 0.05) is 20.3 Å². The summed E-state index contributed by atoms with van der Waals surface area (Å²) in [5.74, 6) is 0. The molecule has 0 aromatic heterocycles. The van der Waals surface area contributed by atoms with Gasteiger partial charge >= 0.3 is 8.80 Å². The molecule has 0 unspecified atom stereocenters. The van der Waals surface area contributed by atoms with Gasteiger partial charge < -0.3 is 13.3 Å². The van der Waals surface area contributed by atoms with Crippen LogP contribution in [0.15, 0.2) is 0 Å². The van der Waals surface area contributed by atoms with Crippen molar-refractivity contribution in [3.05, 3.63) is 0 Å². The molecule has 0 rings (SSSR count). The highest BCUT2D eigenvalue weighted by Gasteiger charge is 2.37. The van der Waals surface area contributed by atoms with Gasteiger partial charge in [0.25, 0.3) is 0 Å². The van der Waals surface area contributed by atoms with E-state index in [1.54, 1.807) is 14.2 Å². The normalized spacial score (nSPS) is 12.0. The summed E-state index contributed by atoms with van der Waals surface area (Å²) >= 11 is 0. The lowest BCUT2D eigenvalue weighted by atomic mass is 10.1. The molecule has 19 heavy (non-hydrogen) atoms. The van der Waals surface area contributed by atoms with E-state index in [1.807, 2.05) is 0 Å². The van der Waals surface area contributed by atoms with Crippen LogP contribution >= 0.6 is 0 Å². The Morgan fingerprint density at radius 3 is 2.05 bits per heavy atom. The van der Waals surface area contributed by atoms with Crippen molar-refractivity contribution < 1.29 is 13.3 Å². The molecular formula is C14H33NO3Si. The summed E-state index contributed by atoms with van der Waals surface area (Å²) in [7, 11) is 0.967. The Kier molecular flexibility index (Phi) is 13.1. The Morgan fingerprint density at radius 1 is 0.842 bits per heavy atom. The molecule has 0 fully saturated rings. The van der Waals surface area contributed by atoms with Crippen molar-refractivity contribution in [1.82, 2.24) is 5.32 Å². The second kappa shape index (κ2) is 13.1. The third kappa shape index (κ3) is 9.57. The highest BCUT2D eigenvalue weighted by molar-refractivity contribution is 6.60. The molecule has 0 amide bonds. The third-order valence-electron chi connectivity index (χ3n) is 3.28. The van der Waals surface area contributed by atoms with E-state index >= 15 is 0 Å². The van der Waals surface area contributed by atoms with Crippen LogP contribution in [0.25, 0.3) is 0 Å². The van der Waals surface area contributed by atoms with Gasteiger partial charge in [-0.2, -0.15) is 0 Å². The second-order valence-electron chi connectivity index (χ2n) is 4.90. The number of rotatable bonds is 14. The molecule has 1 N–H and O–H groups in total. The second-order valence-corrected chi connectivity index (χ2v) is 7.87. The van der Waals surface area contributed by atoms with Gasteiger partial charge in [-0.25, -0.2) is 0 Å². The monoisotopic (exact) mass is 291 g/mol. The van der Waals surface area contributed by atoms with Crippen LogP contribution in [-0.2, 0) is 13.3 Å². The fourth-order valence-electron chi connectivity index (χ4n) is 2.05. The summed E-state index contributed by atoms with van der Waals surface area (Å²) < 4.78 is 16.7. The molecule has 0 aliphatic heterocycles. The average molecular weight is 292 g/mol. The van der Waals surface area contributed by atoms with Crippen LogP contribution in [0, 0.1) is 0 Å². The van der Waals surface area contributed by atoms with Crippen molar-refractivity contribution in [2.45, 2.75) is 64.8 Å². The third-order valence-corrected chi connectivity index (χ3v) is 6.22. The molecule has 0 radical (unpaired) electrons. The molecule has 0 atom stereocenters. The number of hydrogen-bond acceptors (Lipinski definition) is 4. The molecule has 0 aromatic rings. The van der Waals surface area contributed by atoms with E-state index in [9.17, 15) is 0 Å². The molecule has 0 saturated carbocycles. The maximum Gasteiger partial charge on any atom is 0.501 e. The van der Waals surface area contributed by atoms with Crippen LogP contribution in [0.2, 0.25) is 6.04 Å². The molecule has 5 heteroatoms. The lowest BCUT2D eigenvalue weighted by Crippen LogP contribution is -2.45. The average Bonchev–Trinajstić information content (AvgIpc) is 2.44. The zero-order valence-electron chi connectivity index (χ0n) is 13.3. The Labute approximate surface area is 120 Å². The van der Waals surface area contributed by atoms with Gasteiger partial charge in [-0.1, -0.05) is 52.4 Å². The maximum atomic E-state index is 5.80. The van der Waals surface area contributed by atoms with Crippen LogP contribution in [0.1, 0.15) is 58.8 Å². The zero-order valence-corrected chi connectivity index (χ0v) is 14.3. The van der Waals surface area contributed by atoms with E-state index in [2.05, 4.69) is 19.2 Å². The van der Waals surface area contributed by atoms with Gasteiger partial charge in [-0.05, 0) is 13.0 Å². The van der Waals surface area contributed by atoms with E-state index in [0.717, 1.165) is 19.0 Å². The molecule has 116 valence electrons. The number of hydrogen-bond donors (Lipinski definition) is 1. The minimum absolute atomic E-state index is 0.531. The summed E-state index contributed by atoms with van der Waals surface area (Å²) in [4.78, 5) is 0. The predicted octanol–water partition coefficient (Wildman–Crippen LogP) is 3.55. The standard InChI is InChI=1S/C14H33NO3Si/c1-5-7-8-9-10-11-12-15-14-18-19(16-3,17-4)13-6-2/h15H,5-14H2,1-4H3. The SMILES string of the molecule is CCCCCCCCNCO[Si](CCC)(OC)OC. The quantitative estimate of drug-likeness (QED) is 0.302. The first-order valence-electron chi connectivity index (χ1n) is 7.69. The van der Waals surface area contributed by atoms with Crippen molar-refractivity contribution in [3.63, 3.8) is 0 Å². The minimum Gasteiger partial charge on any atom is -0.377 e. The van der Waals surface area contributed by atoms with Crippen LogP contribution in [0.3, 0.4) is 0 Å². The van der Waals surface area contributed by atoms with Crippen molar-refractivity contribution >= 4 is 8.80 Å². The summed E-state index contributed by atoms with van der Waals surface area (Å²) in [6, 6.07) is 0.874. The molecular weight excluding hydrogens is 258 g/mol. The van der Waals surface area contributed by atoms with Crippen LogP contribution in [0.4, 0.5) is 0 Å². The van der Waals surface area contributed by atoms with E-state index in [1.165, 1.54) is 38.5 Å². The van der Waals surface area contributed by atoms with Gasteiger partial charge in [0.1, 0.15) is 0 Å². The Hall–Kier alpha value is 0.0569. The van der Waals surface area contributed by atoms with Gasteiger partial charge in [-0.3, -0.25) is 5.32 Å². The fraction of sp³-hybridized carbons (Fsp3) is 1.00. The Morgan fingerprint density at radius 2 is 1.47 bits per heavy atom. The van der Waals surface area contributed by atoms with Crippen LogP contribution in [0.5, 0.6) is 0 Å². The first kappa shape index (κ1) is 19.1. The fourth-order valence-corrected chi connectivity index (χ4v) is 3.94. The van der Waals surface area contributed by atoms with Crippen LogP contribution in [-0.4, -0.2) is 36.3 Å². The topological polar surface area (TPSA) is 39.7 Å². The molecule has 0 bridgehead atoms. The highest BCUT2D eigenvalue weighted by Crippen LogP contribution is 2.15. The summed E-state index contributed by atoms with van der Waals surface area (Å²) in [5, 5.41) is 3.31. The van der Waals surface area contributed by atoms with Gasteiger partial charge in [0.05, 0.1) is 6.73 Å². The highest BCUT2D eigenvalue weighted by atomic mass is 28.4. The zero-order chi connectivity index (χ0) is 14.4. The van der Waals surface area contributed by atoms with E-state index in [0.29, 0.717) is 6.73 Å². The van der Waals surface area contributed by atoms with Crippen molar-refractivity contribution in [3.8, 4) is 0 Å². The van der Waals surface area contributed by atoms with Gasteiger partial charge in [0.2, 0.25) is 0 Å². The summed E-state index contributed by atoms with van der Waals surface area (Å²) in [6.07, 6.45) is 8.93. The summed E-state index contributed by atoms with van der Waals surface area (Å²) in [6.45, 7) is 5.91. The Balaban J connectivity index is 3.50. The van der Waals surface area contributed by atoms with Gasteiger partial charge in [-0.15, -0.1) is 0 Å². The molecule has 4 nitrogen and oxygen atoms in total. The lowest BCUT2D eigenvalue weighted by molar-refractivity contribution is 0.0899. The number of nitrogens with one attached hydrogen (secondary N) is 1. The largest absolute Gasteiger partial charge is 0.501 e. The minimum atomic E-state index is -2.39. The Bertz CT molecular complexity index is 190. The molecule has 0 heterocycles. The molecule has 0 aromatic carbocycles. The van der Waals surface area contributed by atoms with Crippen molar-refractivity contribution in [2.75, 3.05) is 27.5 Å².